The molecule has 0 aliphatic carbocycles. The second-order valence-electron chi connectivity index (χ2n) is 1.77. The van der Waals surface area contributed by atoms with Crippen molar-refractivity contribution < 1.29 is 4.74 Å². The lowest BCUT2D eigenvalue weighted by molar-refractivity contribution is 0.574. The van der Waals surface area contributed by atoms with Gasteiger partial charge in [0.15, 0.2) is 0 Å². The third kappa shape index (κ3) is 2.77. The molecule has 0 N–H and O–H groups in total. The Morgan fingerprint density at radius 1 is 1.45 bits per heavy atom. The van der Waals surface area contributed by atoms with Gasteiger partial charge < -0.3 is 4.74 Å². The lowest BCUT2D eigenvalue weighted by Gasteiger charge is -2.02. The van der Waals surface area contributed by atoms with Crippen molar-refractivity contribution in [3.8, 4) is 5.75 Å². The molecule has 0 saturated heterocycles. The largest absolute Gasteiger partial charge is 0.435 e. The predicted molar refractivity (Wildman–Crippen MR) is 53.2 cm³/mol. The van der Waals surface area contributed by atoms with Gasteiger partial charge in [-0.3, -0.25) is 0 Å². The minimum Gasteiger partial charge on any atom is -0.435 e. The van der Waals surface area contributed by atoms with Crippen LogP contribution in [0.2, 0.25) is 0 Å². The highest BCUT2D eigenvalue weighted by molar-refractivity contribution is 9.10. The van der Waals surface area contributed by atoms with Crippen molar-refractivity contribution in [1.29, 1.82) is 0 Å². The van der Waals surface area contributed by atoms with E-state index < -0.39 is 0 Å². The normalized spacial score (nSPS) is 9.27. The van der Waals surface area contributed by atoms with Gasteiger partial charge in [-0.1, -0.05) is 12.1 Å². The summed E-state index contributed by atoms with van der Waals surface area (Å²) in [6.07, 6.45) is 0. The molecule has 4 heteroatoms. The van der Waals surface area contributed by atoms with E-state index in [0.29, 0.717) is 5.75 Å². The van der Waals surface area contributed by atoms with Gasteiger partial charge in [0.1, 0.15) is 5.75 Å². The molecule has 0 unspecified atom stereocenters. The number of benzene rings is 1. The van der Waals surface area contributed by atoms with Crippen LogP contribution in [0.5, 0.6) is 5.75 Å². The Bertz CT molecular complexity index is 277. The van der Waals surface area contributed by atoms with E-state index in [4.69, 9.17) is 16.3 Å². The first-order chi connectivity index (χ1) is 5.20. The molecule has 58 valence electrons. The molecule has 0 aliphatic rings. The van der Waals surface area contributed by atoms with Crippen LogP contribution in [0.3, 0.4) is 0 Å². The van der Waals surface area contributed by atoms with Gasteiger partial charge in [-0.15, -0.1) is 0 Å². The molecular weight excluding hydrogens is 247 g/mol. The van der Waals surface area contributed by atoms with Gasteiger partial charge in [0.2, 0.25) is 0 Å². The van der Waals surface area contributed by atoms with Crippen molar-refractivity contribution in [3.05, 3.63) is 28.7 Å². The summed E-state index contributed by atoms with van der Waals surface area (Å²) in [6, 6.07) is 7.35. The maximum Gasteiger partial charge on any atom is 0.260 e. The first-order valence-corrected chi connectivity index (χ1v) is 4.40. The zero-order chi connectivity index (χ0) is 8.27. The standard InChI is InChI=1S/C7H4BrClOS/c8-5-3-1-2-4-6(5)10-7(9)11/h1-4H. The van der Waals surface area contributed by atoms with Crippen LogP contribution < -0.4 is 4.74 Å². The van der Waals surface area contributed by atoms with E-state index >= 15 is 0 Å². The molecule has 0 saturated carbocycles. The van der Waals surface area contributed by atoms with Crippen molar-refractivity contribution in [2.75, 3.05) is 0 Å². The van der Waals surface area contributed by atoms with Crippen LogP contribution in [-0.2, 0) is 0 Å². The summed E-state index contributed by atoms with van der Waals surface area (Å²) < 4.78 is 5.83. The van der Waals surface area contributed by atoms with Crippen LogP contribution in [0.1, 0.15) is 0 Å². The minimum atomic E-state index is -0.00287. The highest BCUT2D eigenvalue weighted by Crippen LogP contribution is 2.24. The van der Waals surface area contributed by atoms with Gasteiger partial charge in [0.05, 0.1) is 4.47 Å². The fraction of sp³-hybridized carbons (Fsp3) is 0. The molecule has 0 aromatic heterocycles. The van der Waals surface area contributed by atoms with Gasteiger partial charge in [-0.2, -0.15) is 0 Å². The Balaban J connectivity index is 2.86. The molecule has 0 spiro atoms. The third-order valence-electron chi connectivity index (χ3n) is 1.03. The average molecular weight is 252 g/mol. The SMILES string of the molecule is S=C(Cl)Oc1ccccc1Br. The molecule has 1 rings (SSSR count). The number of rotatable bonds is 1. The van der Waals surface area contributed by atoms with Crippen molar-refractivity contribution in [1.82, 2.24) is 0 Å². The van der Waals surface area contributed by atoms with Crippen LogP contribution in [0, 0.1) is 0 Å². The Hall–Kier alpha value is -0.120. The summed E-state index contributed by atoms with van der Waals surface area (Å²) in [6.45, 7) is 0. The second kappa shape index (κ2) is 4.04. The van der Waals surface area contributed by atoms with E-state index in [1.54, 1.807) is 6.07 Å². The molecule has 0 amide bonds. The van der Waals surface area contributed by atoms with Gasteiger partial charge in [-0.05, 0) is 51.9 Å². The van der Waals surface area contributed by atoms with E-state index in [9.17, 15) is 0 Å². The summed E-state index contributed by atoms with van der Waals surface area (Å²) >= 11 is 13.2. The number of halogens is 2. The average Bonchev–Trinajstić information content (AvgIpc) is 1.93. The van der Waals surface area contributed by atoms with Gasteiger partial charge in [-0.25, -0.2) is 0 Å². The molecule has 0 fully saturated rings. The van der Waals surface area contributed by atoms with E-state index in [2.05, 4.69) is 28.1 Å². The van der Waals surface area contributed by atoms with Gasteiger partial charge >= 0.3 is 0 Å². The summed E-state index contributed by atoms with van der Waals surface area (Å²) in [5, 5.41) is 0. The smallest absolute Gasteiger partial charge is 0.260 e. The fourth-order valence-corrected chi connectivity index (χ4v) is 1.15. The van der Waals surface area contributed by atoms with Gasteiger partial charge in [0.25, 0.3) is 4.51 Å². The summed E-state index contributed by atoms with van der Waals surface area (Å²) in [5.74, 6) is 0.632. The summed E-state index contributed by atoms with van der Waals surface area (Å²) in [7, 11) is 0. The topological polar surface area (TPSA) is 9.23 Å². The highest BCUT2D eigenvalue weighted by Gasteiger charge is 1.99. The maximum absolute atomic E-state index is 5.37. The number of ether oxygens (including phenoxy) is 1. The van der Waals surface area contributed by atoms with Crippen LogP contribution in [0.15, 0.2) is 28.7 Å². The highest BCUT2D eigenvalue weighted by atomic mass is 79.9. The molecule has 1 aromatic carbocycles. The molecular formula is C7H4BrClOS. The zero-order valence-electron chi connectivity index (χ0n) is 5.38. The third-order valence-corrected chi connectivity index (χ3v) is 1.84. The monoisotopic (exact) mass is 250 g/mol. The zero-order valence-corrected chi connectivity index (χ0v) is 8.54. The summed E-state index contributed by atoms with van der Waals surface area (Å²) in [4.78, 5) is 0. The molecule has 1 aromatic rings. The lowest BCUT2D eigenvalue weighted by Crippen LogP contribution is -1.95. The first kappa shape index (κ1) is 8.97. The van der Waals surface area contributed by atoms with E-state index in [1.807, 2.05) is 18.2 Å². The Kier molecular flexibility index (Phi) is 3.30. The quantitative estimate of drug-likeness (QED) is 0.559. The van der Waals surface area contributed by atoms with Crippen molar-refractivity contribution in [2.24, 2.45) is 0 Å². The van der Waals surface area contributed by atoms with Crippen molar-refractivity contribution >= 4 is 44.3 Å². The van der Waals surface area contributed by atoms with E-state index in [0.717, 1.165) is 4.47 Å². The minimum absolute atomic E-state index is 0.00287. The number of thiocarbonyl (C=S) groups is 1. The van der Waals surface area contributed by atoms with Crippen LogP contribution in [0.4, 0.5) is 0 Å². The van der Waals surface area contributed by atoms with Crippen molar-refractivity contribution in [2.45, 2.75) is 0 Å². The molecule has 0 bridgehead atoms. The number of hydrogen-bond acceptors (Lipinski definition) is 2. The van der Waals surface area contributed by atoms with Crippen molar-refractivity contribution in [3.63, 3.8) is 0 Å². The van der Waals surface area contributed by atoms with Crippen LogP contribution in [0.25, 0.3) is 0 Å². The molecule has 0 aliphatic heterocycles. The van der Waals surface area contributed by atoms with Crippen LogP contribution >= 0.6 is 39.7 Å². The van der Waals surface area contributed by atoms with E-state index in [1.165, 1.54) is 0 Å². The molecule has 1 nitrogen and oxygen atoms in total. The molecule has 0 radical (unpaired) electrons. The summed E-state index contributed by atoms with van der Waals surface area (Å²) in [5.41, 5.74) is 0. The lowest BCUT2D eigenvalue weighted by atomic mass is 10.3. The number of para-hydroxylation sites is 1. The number of hydrogen-bond donors (Lipinski definition) is 0. The van der Waals surface area contributed by atoms with Crippen LogP contribution in [-0.4, -0.2) is 4.51 Å². The molecule has 0 heterocycles. The predicted octanol–water partition coefficient (Wildman–Crippen LogP) is 3.35. The molecule has 0 atom stereocenters. The Morgan fingerprint density at radius 3 is 2.64 bits per heavy atom. The van der Waals surface area contributed by atoms with Gasteiger partial charge in [0, 0.05) is 0 Å². The second-order valence-corrected chi connectivity index (χ2v) is 3.56. The van der Waals surface area contributed by atoms with E-state index in [-0.39, 0.29) is 4.51 Å². The Morgan fingerprint density at radius 2 is 2.09 bits per heavy atom. The Labute approximate surface area is 83.4 Å². The first-order valence-electron chi connectivity index (χ1n) is 2.82. The maximum atomic E-state index is 5.37. The fourth-order valence-electron chi connectivity index (χ4n) is 0.614. The molecule has 11 heavy (non-hydrogen) atoms.